The van der Waals surface area contributed by atoms with Gasteiger partial charge in [0.2, 0.25) is 0 Å². The van der Waals surface area contributed by atoms with Crippen molar-refractivity contribution in [3.05, 3.63) is 74.6 Å². The van der Waals surface area contributed by atoms with Crippen molar-refractivity contribution >= 4 is 58.1 Å². The van der Waals surface area contributed by atoms with Crippen molar-refractivity contribution < 1.29 is 14.4 Å². The molecule has 0 saturated carbocycles. The summed E-state index contributed by atoms with van der Waals surface area (Å²) in [7, 11) is 0. The van der Waals surface area contributed by atoms with Gasteiger partial charge in [-0.05, 0) is 41.6 Å². The molecule has 0 spiro atoms. The quantitative estimate of drug-likeness (QED) is 0.724. The summed E-state index contributed by atoms with van der Waals surface area (Å²) in [5.74, 6) is -0.682. The fraction of sp³-hybridized carbons (Fsp3) is 0.105. The van der Waals surface area contributed by atoms with Crippen LogP contribution in [0.2, 0.25) is 10.0 Å². The minimum absolute atomic E-state index is 0.0872. The molecule has 1 saturated heterocycles. The fourth-order valence-corrected chi connectivity index (χ4v) is 3.66. The molecule has 1 heterocycles. The third-order valence-electron chi connectivity index (χ3n) is 3.80. The van der Waals surface area contributed by atoms with Gasteiger partial charge in [0.15, 0.2) is 0 Å². The van der Waals surface area contributed by atoms with Crippen LogP contribution in [-0.4, -0.2) is 35.0 Å². The third-order valence-corrected chi connectivity index (χ3v) is 5.54. The first-order chi connectivity index (χ1) is 13.0. The van der Waals surface area contributed by atoms with Gasteiger partial charge >= 0.3 is 0 Å². The van der Waals surface area contributed by atoms with E-state index in [2.05, 4.69) is 5.32 Å². The van der Waals surface area contributed by atoms with Crippen LogP contribution in [0.3, 0.4) is 0 Å². The lowest BCUT2D eigenvalue weighted by atomic mass is 10.2. The standard InChI is InChI=1S/C19H14Cl2N2O3S/c20-14-8-4-7-13(16(14)21)11-15-18(25)23(19(26)27-15)10-9-22-17(24)12-5-2-1-3-6-12/h1-8,11H,9-10H2,(H,22,24)/b15-11-. The highest BCUT2D eigenvalue weighted by atomic mass is 35.5. The molecule has 27 heavy (non-hydrogen) atoms. The minimum atomic E-state index is -0.421. The third kappa shape index (κ3) is 4.53. The number of rotatable bonds is 5. The summed E-state index contributed by atoms with van der Waals surface area (Å²) in [5.41, 5.74) is 1.08. The van der Waals surface area contributed by atoms with Gasteiger partial charge in [-0.3, -0.25) is 19.3 Å². The Hall–Kier alpha value is -2.28. The zero-order valence-corrected chi connectivity index (χ0v) is 16.3. The Bertz CT molecular complexity index is 932. The molecule has 1 N–H and O–H groups in total. The van der Waals surface area contributed by atoms with Gasteiger partial charge in [-0.15, -0.1) is 0 Å². The predicted octanol–water partition coefficient (Wildman–Crippen LogP) is 4.46. The molecule has 3 rings (SSSR count). The van der Waals surface area contributed by atoms with Crippen LogP contribution in [0.15, 0.2) is 53.4 Å². The summed E-state index contributed by atoms with van der Waals surface area (Å²) < 4.78 is 0. The molecule has 0 aromatic heterocycles. The van der Waals surface area contributed by atoms with Crippen LogP contribution in [0, 0.1) is 0 Å². The van der Waals surface area contributed by atoms with Crippen LogP contribution in [-0.2, 0) is 4.79 Å². The van der Waals surface area contributed by atoms with E-state index in [0.29, 0.717) is 21.2 Å². The number of nitrogens with zero attached hydrogens (tertiary/aromatic N) is 1. The predicted molar refractivity (Wildman–Crippen MR) is 108 cm³/mol. The Morgan fingerprint density at radius 3 is 2.56 bits per heavy atom. The molecule has 2 aromatic carbocycles. The molecule has 1 aliphatic heterocycles. The molecule has 1 aliphatic rings. The van der Waals surface area contributed by atoms with Gasteiger partial charge in [0, 0.05) is 18.7 Å². The van der Waals surface area contributed by atoms with Gasteiger partial charge in [0.1, 0.15) is 0 Å². The number of amides is 3. The van der Waals surface area contributed by atoms with Crippen molar-refractivity contribution in [2.45, 2.75) is 0 Å². The average Bonchev–Trinajstić information content (AvgIpc) is 2.93. The van der Waals surface area contributed by atoms with Crippen molar-refractivity contribution in [2.75, 3.05) is 13.1 Å². The highest BCUT2D eigenvalue weighted by Crippen LogP contribution is 2.34. The Balaban J connectivity index is 1.63. The van der Waals surface area contributed by atoms with Crippen molar-refractivity contribution in [1.29, 1.82) is 0 Å². The largest absolute Gasteiger partial charge is 0.350 e. The Morgan fingerprint density at radius 1 is 1.07 bits per heavy atom. The summed E-state index contributed by atoms with van der Waals surface area (Å²) in [6.45, 7) is 0.251. The van der Waals surface area contributed by atoms with Crippen molar-refractivity contribution in [1.82, 2.24) is 10.2 Å². The van der Waals surface area contributed by atoms with E-state index in [9.17, 15) is 14.4 Å². The van der Waals surface area contributed by atoms with E-state index in [1.165, 1.54) is 0 Å². The molecule has 2 aromatic rings. The molecule has 0 bridgehead atoms. The Labute approximate surface area is 170 Å². The first-order valence-corrected chi connectivity index (χ1v) is 9.57. The fourth-order valence-electron chi connectivity index (χ4n) is 2.44. The molecule has 1 fully saturated rings. The number of thioether (sulfide) groups is 1. The van der Waals surface area contributed by atoms with Crippen LogP contribution in [0.5, 0.6) is 0 Å². The van der Waals surface area contributed by atoms with E-state index in [-0.39, 0.29) is 23.9 Å². The molecule has 0 aliphatic carbocycles. The van der Waals surface area contributed by atoms with E-state index in [1.807, 2.05) is 6.07 Å². The number of nitrogens with one attached hydrogen (secondary N) is 1. The summed E-state index contributed by atoms with van der Waals surface area (Å²) in [6.07, 6.45) is 1.54. The van der Waals surface area contributed by atoms with E-state index < -0.39 is 11.1 Å². The van der Waals surface area contributed by atoms with E-state index in [4.69, 9.17) is 23.2 Å². The lowest BCUT2D eigenvalue weighted by molar-refractivity contribution is -0.122. The number of hydrogen-bond donors (Lipinski definition) is 1. The first-order valence-electron chi connectivity index (χ1n) is 8.00. The van der Waals surface area contributed by atoms with Crippen molar-refractivity contribution in [3.63, 3.8) is 0 Å². The number of imide groups is 1. The molecule has 0 atom stereocenters. The molecule has 8 heteroatoms. The summed E-state index contributed by atoms with van der Waals surface area (Å²) in [6, 6.07) is 13.8. The van der Waals surface area contributed by atoms with Crippen molar-refractivity contribution in [2.24, 2.45) is 0 Å². The van der Waals surface area contributed by atoms with Gasteiger partial charge in [-0.1, -0.05) is 53.5 Å². The molecule has 0 unspecified atom stereocenters. The number of benzene rings is 2. The lowest BCUT2D eigenvalue weighted by Gasteiger charge is -2.13. The van der Waals surface area contributed by atoms with Crippen LogP contribution in [0.1, 0.15) is 15.9 Å². The zero-order chi connectivity index (χ0) is 19.4. The average molecular weight is 421 g/mol. The second kappa shape index (κ2) is 8.61. The van der Waals surface area contributed by atoms with Crippen LogP contribution in [0.25, 0.3) is 6.08 Å². The smallest absolute Gasteiger partial charge is 0.293 e. The van der Waals surface area contributed by atoms with Gasteiger partial charge in [0.05, 0.1) is 15.0 Å². The van der Waals surface area contributed by atoms with Gasteiger partial charge in [-0.25, -0.2) is 0 Å². The highest BCUT2D eigenvalue weighted by molar-refractivity contribution is 8.18. The topological polar surface area (TPSA) is 66.5 Å². The Kier molecular flexibility index (Phi) is 6.21. The molecule has 138 valence electrons. The minimum Gasteiger partial charge on any atom is -0.350 e. The highest BCUT2D eigenvalue weighted by Gasteiger charge is 2.34. The zero-order valence-electron chi connectivity index (χ0n) is 13.9. The molecule has 5 nitrogen and oxygen atoms in total. The summed E-state index contributed by atoms with van der Waals surface area (Å²) in [5, 5.41) is 2.99. The number of halogens is 2. The van der Waals surface area contributed by atoms with E-state index >= 15 is 0 Å². The van der Waals surface area contributed by atoms with Gasteiger partial charge < -0.3 is 5.32 Å². The maximum Gasteiger partial charge on any atom is 0.293 e. The molecule has 3 amide bonds. The molecular weight excluding hydrogens is 407 g/mol. The normalized spacial score (nSPS) is 15.5. The number of carbonyl (C=O) groups is 3. The summed E-state index contributed by atoms with van der Waals surface area (Å²) in [4.78, 5) is 38.0. The van der Waals surface area contributed by atoms with Crippen molar-refractivity contribution in [3.8, 4) is 0 Å². The van der Waals surface area contributed by atoms with Crippen LogP contribution >= 0.6 is 35.0 Å². The van der Waals surface area contributed by atoms with E-state index in [1.54, 1.807) is 48.5 Å². The monoisotopic (exact) mass is 420 g/mol. The number of carbonyl (C=O) groups excluding carboxylic acids is 3. The van der Waals surface area contributed by atoms with Gasteiger partial charge in [-0.2, -0.15) is 0 Å². The molecular formula is C19H14Cl2N2O3S. The van der Waals surface area contributed by atoms with Crippen LogP contribution < -0.4 is 5.32 Å². The second-order valence-electron chi connectivity index (χ2n) is 5.60. The maximum atomic E-state index is 12.5. The molecule has 0 radical (unpaired) electrons. The summed E-state index contributed by atoms with van der Waals surface area (Å²) >= 11 is 12.9. The van der Waals surface area contributed by atoms with Gasteiger partial charge in [0.25, 0.3) is 17.1 Å². The van der Waals surface area contributed by atoms with Crippen LogP contribution in [0.4, 0.5) is 4.79 Å². The SMILES string of the molecule is O=C(NCCN1C(=O)S/C(=C\c2cccc(Cl)c2Cl)C1=O)c1ccccc1. The number of hydrogen-bond acceptors (Lipinski definition) is 4. The second-order valence-corrected chi connectivity index (χ2v) is 7.38. The first kappa shape index (κ1) is 19.5. The maximum absolute atomic E-state index is 12.5. The van der Waals surface area contributed by atoms with E-state index in [0.717, 1.165) is 16.7 Å². The lowest BCUT2D eigenvalue weighted by Crippen LogP contribution is -2.37. The Morgan fingerprint density at radius 2 is 1.81 bits per heavy atom.